The van der Waals surface area contributed by atoms with Crippen molar-refractivity contribution >= 4 is 18.0 Å². The molecule has 6 nitrogen and oxygen atoms in total. The molecule has 0 aliphatic carbocycles. The molecule has 6 heteroatoms. The van der Waals surface area contributed by atoms with E-state index in [9.17, 15) is 9.59 Å². The standard InChI is InChI=1S/C16H21NO5/c1-5-22-16(19)11-17(2)15(18)9-7-12-6-8-13(20-3)14(10-12)21-4/h6-10H,5,11H2,1-4H3/b9-7+. The van der Waals surface area contributed by atoms with Crippen LogP contribution in [-0.4, -0.2) is 51.2 Å². The van der Waals surface area contributed by atoms with Crippen molar-refractivity contribution in [2.24, 2.45) is 0 Å². The molecule has 0 saturated heterocycles. The highest BCUT2D eigenvalue weighted by atomic mass is 16.5. The van der Waals surface area contributed by atoms with Gasteiger partial charge in [-0.3, -0.25) is 9.59 Å². The Kier molecular flexibility index (Phi) is 6.95. The van der Waals surface area contributed by atoms with Gasteiger partial charge < -0.3 is 19.1 Å². The van der Waals surface area contributed by atoms with Gasteiger partial charge in [-0.25, -0.2) is 0 Å². The number of methoxy groups -OCH3 is 2. The van der Waals surface area contributed by atoms with Crippen LogP contribution in [0.2, 0.25) is 0 Å². The third kappa shape index (κ3) is 5.12. The summed E-state index contributed by atoms with van der Waals surface area (Å²) in [6.45, 7) is 1.93. The van der Waals surface area contributed by atoms with E-state index in [0.717, 1.165) is 5.56 Å². The third-order valence-corrected chi connectivity index (χ3v) is 2.87. The van der Waals surface area contributed by atoms with Gasteiger partial charge in [0.25, 0.3) is 0 Å². The van der Waals surface area contributed by atoms with Gasteiger partial charge in [0.2, 0.25) is 5.91 Å². The Morgan fingerprint density at radius 3 is 2.45 bits per heavy atom. The minimum absolute atomic E-state index is 0.0804. The van der Waals surface area contributed by atoms with Gasteiger partial charge in [0.15, 0.2) is 11.5 Å². The normalized spacial score (nSPS) is 10.4. The Morgan fingerprint density at radius 1 is 1.18 bits per heavy atom. The quantitative estimate of drug-likeness (QED) is 0.567. The summed E-state index contributed by atoms with van der Waals surface area (Å²) in [5.41, 5.74) is 0.788. The molecule has 0 aromatic heterocycles. The second-order valence-corrected chi connectivity index (χ2v) is 4.45. The van der Waals surface area contributed by atoms with Crippen LogP contribution in [0, 0.1) is 0 Å². The van der Waals surface area contributed by atoms with Crippen molar-refractivity contribution in [1.29, 1.82) is 0 Å². The molecule has 22 heavy (non-hydrogen) atoms. The van der Waals surface area contributed by atoms with Gasteiger partial charge >= 0.3 is 5.97 Å². The summed E-state index contributed by atoms with van der Waals surface area (Å²) < 4.78 is 15.1. The summed E-state index contributed by atoms with van der Waals surface area (Å²) in [7, 11) is 4.64. The van der Waals surface area contributed by atoms with Crippen LogP contribution in [0.4, 0.5) is 0 Å². The average Bonchev–Trinajstić information content (AvgIpc) is 2.52. The van der Waals surface area contributed by atoms with Crippen molar-refractivity contribution in [2.45, 2.75) is 6.92 Å². The number of likely N-dealkylation sites (N-methyl/N-ethyl adjacent to an activating group) is 1. The highest BCUT2D eigenvalue weighted by Crippen LogP contribution is 2.27. The maximum Gasteiger partial charge on any atom is 0.325 e. The molecule has 0 N–H and O–H groups in total. The highest BCUT2D eigenvalue weighted by molar-refractivity contribution is 5.93. The molecule has 0 aliphatic rings. The molecule has 0 aliphatic heterocycles. The molecular weight excluding hydrogens is 286 g/mol. The minimum Gasteiger partial charge on any atom is -0.493 e. The number of hydrogen-bond acceptors (Lipinski definition) is 5. The van der Waals surface area contributed by atoms with Crippen molar-refractivity contribution in [2.75, 3.05) is 34.4 Å². The first-order valence-electron chi connectivity index (χ1n) is 6.82. The zero-order valence-electron chi connectivity index (χ0n) is 13.3. The number of carbonyl (C=O) groups is 2. The van der Waals surface area contributed by atoms with Gasteiger partial charge in [-0.05, 0) is 30.7 Å². The first kappa shape index (κ1) is 17.6. The van der Waals surface area contributed by atoms with E-state index in [1.165, 1.54) is 18.0 Å². The second-order valence-electron chi connectivity index (χ2n) is 4.45. The number of esters is 1. The first-order chi connectivity index (χ1) is 10.5. The molecule has 0 spiro atoms. The van der Waals surface area contributed by atoms with E-state index in [-0.39, 0.29) is 12.5 Å². The molecule has 0 unspecified atom stereocenters. The fourth-order valence-corrected chi connectivity index (χ4v) is 1.73. The summed E-state index contributed by atoms with van der Waals surface area (Å²) in [4.78, 5) is 24.5. The van der Waals surface area contributed by atoms with Crippen molar-refractivity contribution in [3.8, 4) is 11.5 Å². The summed E-state index contributed by atoms with van der Waals surface area (Å²) in [5.74, 6) is 0.475. The molecule has 0 radical (unpaired) electrons. The Labute approximate surface area is 130 Å². The minimum atomic E-state index is -0.433. The van der Waals surface area contributed by atoms with Gasteiger partial charge in [0.1, 0.15) is 6.54 Å². The van der Waals surface area contributed by atoms with Crippen LogP contribution in [0.25, 0.3) is 6.08 Å². The van der Waals surface area contributed by atoms with E-state index in [4.69, 9.17) is 14.2 Å². The van der Waals surface area contributed by atoms with Crippen molar-refractivity contribution < 1.29 is 23.8 Å². The predicted molar refractivity (Wildman–Crippen MR) is 82.9 cm³/mol. The van der Waals surface area contributed by atoms with Crippen LogP contribution >= 0.6 is 0 Å². The van der Waals surface area contributed by atoms with E-state index >= 15 is 0 Å². The van der Waals surface area contributed by atoms with Crippen LogP contribution in [0.5, 0.6) is 11.5 Å². The Hall–Kier alpha value is -2.50. The monoisotopic (exact) mass is 307 g/mol. The first-order valence-corrected chi connectivity index (χ1v) is 6.82. The summed E-state index contributed by atoms with van der Waals surface area (Å²) in [6.07, 6.45) is 3.03. The second kappa shape index (κ2) is 8.71. The van der Waals surface area contributed by atoms with Crippen molar-refractivity contribution in [3.05, 3.63) is 29.8 Å². The van der Waals surface area contributed by atoms with Crippen LogP contribution in [-0.2, 0) is 14.3 Å². The fourth-order valence-electron chi connectivity index (χ4n) is 1.73. The van der Waals surface area contributed by atoms with Crippen LogP contribution < -0.4 is 9.47 Å². The Morgan fingerprint density at radius 2 is 1.86 bits per heavy atom. The molecule has 0 heterocycles. The molecule has 1 amide bonds. The van der Waals surface area contributed by atoms with E-state index in [1.807, 2.05) is 0 Å². The molecule has 0 bridgehead atoms. The molecule has 0 atom stereocenters. The number of benzene rings is 1. The zero-order chi connectivity index (χ0) is 16.5. The third-order valence-electron chi connectivity index (χ3n) is 2.87. The number of ether oxygens (including phenoxy) is 3. The lowest BCUT2D eigenvalue weighted by molar-refractivity contribution is -0.146. The van der Waals surface area contributed by atoms with Gasteiger partial charge in [0, 0.05) is 13.1 Å². The van der Waals surface area contributed by atoms with Crippen molar-refractivity contribution in [1.82, 2.24) is 4.90 Å². The molecular formula is C16H21NO5. The number of amides is 1. The van der Waals surface area contributed by atoms with Crippen LogP contribution in [0.1, 0.15) is 12.5 Å². The van der Waals surface area contributed by atoms with Crippen LogP contribution in [0.3, 0.4) is 0 Å². The van der Waals surface area contributed by atoms with Crippen LogP contribution in [0.15, 0.2) is 24.3 Å². The van der Waals surface area contributed by atoms with Gasteiger partial charge in [-0.15, -0.1) is 0 Å². The van der Waals surface area contributed by atoms with Gasteiger partial charge in [0.05, 0.1) is 20.8 Å². The molecule has 1 aromatic rings. The highest BCUT2D eigenvalue weighted by Gasteiger charge is 2.11. The zero-order valence-corrected chi connectivity index (χ0v) is 13.3. The summed E-state index contributed by atoms with van der Waals surface area (Å²) >= 11 is 0. The topological polar surface area (TPSA) is 65.1 Å². The van der Waals surface area contributed by atoms with Gasteiger partial charge in [-0.1, -0.05) is 6.07 Å². The lowest BCUT2D eigenvalue weighted by Gasteiger charge is -2.13. The summed E-state index contributed by atoms with van der Waals surface area (Å²) in [6, 6.07) is 5.32. The summed E-state index contributed by atoms with van der Waals surface area (Å²) in [5, 5.41) is 0. The Bertz CT molecular complexity index is 553. The van der Waals surface area contributed by atoms with E-state index < -0.39 is 5.97 Å². The van der Waals surface area contributed by atoms with E-state index in [1.54, 1.807) is 45.4 Å². The lowest BCUT2D eigenvalue weighted by atomic mass is 10.2. The van der Waals surface area contributed by atoms with Crippen molar-refractivity contribution in [3.63, 3.8) is 0 Å². The molecule has 120 valence electrons. The molecule has 0 fully saturated rings. The SMILES string of the molecule is CCOC(=O)CN(C)C(=O)/C=C/c1ccc(OC)c(OC)c1. The maximum atomic E-state index is 11.9. The number of rotatable bonds is 7. The smallest absolute Gasteiger partial charge is 0.325 e. The molecule has 1 rings (SSSR count). The maximum absolute atomic E-state index is 11.9. The fraction of sp³-hybridized carbons (Fsp3) is 0.375. The molecule has 1 aromatic carbocycles. The van der Waals surface area contributed by atoms with E-state index in [0.29, 0.717) is 18.1 Å². The number of carbonyl (C=O) groups excluding carboxylic acids is 2. The number of nitrogens with zero attached hydrogens (tertiary/aromatic N) is 1. The number of hydrogen-bond donors (Lipinski definition) is 0. The van der Waals surface area contributed by atoms with Gasteiger partial charge in [-0.2, -0.15) is 0 Å². The molecule has 0 saturated carbocycles. The largest absolute Gasteiger partial charge is 0.493 e. The Balaban J connectivity index is 2.71. The average molecular weight is 307 g/mol. The van der Waals surface area contributed by atoms with E-state index in [2.05, 4.69) is 0 Å². The predicted octanol–water partition coefficient (Wildman–Crippen LogP) is 1.74. The lowest BCUT2D eigenvalue weighted by Crippen LogP contribution is -2.31.